The van der Waals surface area contributed by atoms with E-state index in [2.05, 4.69) is 20.2 Å². The Balaban J connectivity index is 1.21. The van der Waals surface area contributed by atoms with Crippen molar-refractivity contribution in [1.82, 2.24) is 19.9 Å². The Kier molecular flexibility index (Phi) is 5.29. The summed E-state index contributed by atoms with van der Waals surface area (Å²) in [5.74, 6) is 0.362. The normalized spacial score (nSPS) is 16.7. The minimum absolute atomic E-state index is 0.0506. The third-order valence-electron chi connectivity index (χ3n) is 5.96. The average molecular weight is 456 g/mol. The molecule has 0 aliphatic carbocycles. The highest BCUT2D eigenvalue weighted by Gasteiger charge is 2.28. The van der Waals surface area contributed by atoms with Crippen LogP contribution in [0.25, 0.3) is 21.3 Å². The number of likely N-dealkylation sites (tertiary alicyclic amines) is 1. The van der Waals surface area contributed by atoms with Crippen molar-refractivity contribution < 1.29 is 4.79 Å². The summed E-state index contributed by atoms with van der Waals surface area (Å²) in [5.41, 5.74) is 2.76. The first-order chi connectivity index (χ1) is 15.0. The molecule has 1 atom stereocenters. The molecule has 1 aliphatic heterocycles. The number of carbonyl (C=O) groups excluding carboxylic acids is 1. The number of imidazole rings is 1. The summed E-state index contributed by atoms with van der Waals surface area (Å²) in [4.78, 5) is 36.6. The van der Waals surface area contributed by atoms with E-state index in [1.54, 1.807) is 29.5 Å². The van der Waals surface area contributed by atoms with Gasteiger partial charge in [0.15, 0.2) is 0 Å². The van der Waals surface area contributed by atoms with Crippen LogP contribution in [0, 0.1) is 0 Å². The van der Waals surface area contributed by atoms with Gasteiger partial charge in [0, 0.05) is 16.6 Å². The number of aromatic nitrogens is 3. The predicted molar refractivity (Wildman–Crippen MR) is 125 cm³/mol. The molecule has 0 bridgehead atoms. The van der Waals surface area contributed by atoms with E-state index in [4.69, 9.17) is 16.6 Å². The number of nitrogens with zero attached hydrogens (tertiary/aromatic N) is 2. The molecule has 0 saturated carbocycles. The van der Waals surface area contributed by atoms with Gasteiger partial charge in [-0.15, -0.1) is 11.3 Å². The minimum Gasteiger partial charge on any atom is -0.325 e. The van der Waals surface area contributed by atoms with Crippen LogP contribution in [0.2, 0.25) is 5.02 Å². The topological polar surface area (TPSA) is 93.9 Å². The van der Waals surface area contributed by atoms with Crippen LogP contribution in [-0.4, -0.2) is 44.9 Å². The summed E-state index contributed by atoms with van der Waals surface area (Å²) in [6, 6.07) is 11.0. The van der Waals surface area contributed by atoms with E-state index in [-0.39, 0.29) is 17.6 Å². The highest BCUT2D eigenvalue weighted by atomic mass is 35.5. The fourth-order valence-electron chi connectivity index (χ4n) is 4.15. The van der Waals surface area contributed by atoms with E-state index in [1.165, 1.54) is 0 Å². The molecule has 1 saturated heterocycles. The number of anilines is 1. The number of amides is 1. The molecule has 31 heavy (non-hydrogen) atoms. The molecule has 3 heterocycles. The molecular weight excluding hydrogens is 434 g/mol. The van der Waals surface area contributed by atoms with Crippen molar-refractivity contribution in [1.29, 1.82) is 0 Å². The van der Waals surface area contributed by atoms with Gasteiger partial charge in [-0.2, -0.15) is 0 Å². The number of aromatic amines is 2. The summed E-state index contributed by atoms with van der Waals surface area (Å²) < 4.78 is 1.16. The lowest BCUT2D eigenvalue weighted by Crippen LogP contribution is -2.45. The Morgan fingerprint density at radius 1 is 1.19 bits per heavy atom. The highest BCUT2D eigenvalue weighted by molar-refractivity contribution is 7.18. The number of benzene rings is 2. The number of H-pyrrole nitrogens is 2. The van der Waals surface area contributed by atoms with Crippen LogP contribution in [0.4, 0.5) is 5.69 Å². The van der Waals surface area contributed by atoms with Gasteiger partial charge < -0.3 is 15.3 Å². The molecule has 7 nitrogen and oxygen atoms in total. The number of carbonyl (C=O) groups is 1. The first-order valence-electron chi connectivity index (χ1n) is 10.3. The van der Waals surface area contributed by atoms with Crippen LogP contribution in [0.5, 0.6) is 0 Å². The van der Waals surface area contributed by atoms with Crippen molar-refractivity contribution in [3.8, 4) is 0 Å². The van der Waals surface area contributed by atoms with Gasteiger partial charge in [0.1, 0.15) is 0 Å². The van der Waals surface area contributed by atoms with Crippen LogP contribution >= 0.6 is 22.9 Å². The number of thiazole rings is 1. The summed E-state index contributed by atoms with van der Waals surface area (Å²) >= 11 is 7.83. The van der Waals surface area contributed by atoms with Gasteiger partial charge in [-0.25, -0.2) is 9.78 Å². The fraction of sp³-hybridized carbons (Fsp3) is 0.318. The van der Waals surface area contributed by atoms with Crippen molar-refractivity contribution in [2.75, 3.05) is 18.4 Å². The third-order valence-corrected chi connectivity index (χ3v) is 7.39. The number of nitrogens with one attached hydrogen (secondary N) is 3. The molecule has 5 rings (SSSR count). The van der Waals surface area contributed by atoms with Crippen molar-refractivity contribution in [3.05, 3.63) is 56.9 Å². The molecule has 1 amide bonds. The van der Waals surface area contributed by atoms with Crippen molar-refractivity contribution >= 4 is 55.8 Å². The van der Waals surface area contributed by atoms with Crippen molar-refractivity contribution in [2.24, 2.45) is 0 Å². The summed E-state index contributed by atoms with van der Waals surface area (Å²) in [6.07, 6.45) is 1.95. The lowest BCUT2D eigenvalue weighted by atomic mass is 9.96. The lowest BCUT2D eigenvalue weighted by Gasteiger charge is -2.34. The maximum atomic E-state index is 12.8. The second-order valence-electron chi connectivity index (χ2n) is 7.98. The van der Waals surface area contributed by atoms with E-state index in [0.29, 0.717) is 22.1 Å². The predicted octanol–water partition coefficient (Wildman–Crippen LogP) is 4.33. The molecule has 0 unspecified atom stereocenters. The van der Waals surface area contributed by atoms with Crippen LogP contribution in [-0.2, 0) is 4.79 Å². The average Bonchev–Trinajstić information content (AvgIpc) is 3.35. The van der Waals surface area contributed by atoms with Gasteiger partial charge in [0.25, 0.3) is 0 Å². The zero-order chi connectivity index (χ0) is 21.5. The Labute approximate surface area is 187 Å². The lowest BCUT2D eigenvalue weighted by molar-refractivity contribution is -0.121. The Morgan fingerprint density at radius 3 is 2.77 bits per heavy atom. The summed E-state index contributed by atoms with van der Waals surface area (Å²) in [5, 5.41) is 4.83. The quantitative estimate of drug-likeness (QED) is 0.427. The monoisotopic (exact) mass is 455 g/mol. The number of halogens is 1. The van der Waals surface area contributed by atoms with Gasteiger partial charge >= 0.3 is 5.69 Å². The molecule has 4 aromatic rings. The van der Waals surface area contributed by atoms with Gasteiger partial charge in [0.2, 0.25) is 5.91 Å². The van der Waals surface area contributed by atoms with E-state index in [1.807, 2.05) is 25.1 Å². The number of rotatable bonds is 4. The van der Waals surface area contributed by atoms with Crippen molar-refractivity contribution in [2.45, 2.75) is 31.7 Å². The van der Waals surface area contributed by atoms with Gasteiger partial charge in [-0.1, -0.05) is 11.6 Å². The fourth-order valence-corrected chi connectivity index (χ4v) is 5.43. The van der Waals surface area contributed by atoms with E-state index in [0.717, 1.165) is 46.7 Å². The molecule has 0 radical (unpaired) electrons. The Morgan fingerprint density at radius 2 is 1.97 bits per heavy atom. The molecule has 160 valence electrons. The zero-order valence-corrected chi connectivity index (χ0v) is 18.5. The molecule has 2 aromatic carbocycles. The first kappa shape index (κ1) is 20.2. The standard InChI is InChI=1S/C22H22ClN5O2S/c1-12(20(29)24-15-3-4-16-17(11-15)27-22(30)26-16)28-8-6-13(7-9-28)21-25-18-10-14(23)2-5-19(18)31-21/h2-5,10-13H,6-9H2,1H3,(H,24,29)(H2,26,27,30)/t12-/m1/s1. The number of hydrogen-bond donors (Lipinski definition) is 3. The van der Waals surface area contributed by atoms with Crippen LogP contribution in [0.3, 0.4) is 0 Å². The largest absolute Gasteiger partial charge is 0.325 e. The number of hydrogen-bond acceptors (Lipinski definition) is 5. The van der Waals surface area contributed by atoms with E-state index in [9.17, 15) is 9.59 Å². The maximum Gasteiger partial charge on any atom is 0.323 e. The van der Waals surface area contributed by atoms with Gasteiger partial charge in [0.05, 0.1) is 32.3 Å². The Hall–Kier alpha value is -2.68. The van der Waals surface area contributed by atoms with Gasteiger partial charge in [-0.3, -0.25) is 9.69 Å². The van der Waals surface area contributed by atoms with Crippen LogP contribution in [0.15, 0.2) is 41.2 Å². The minimum atomic E-state index is -0.258. The molecular formula is C22H22ClN5O2S. The number of piperidine rings is 1. The molecule has 2 aromatic heterocycles. The maximum absolute atomic E-state index is 12.8. The highest BCUT2D eigenvalue weighted by Crippen LogP contribution is 2.35. The van der Waals surface area contributed by atoms with Crippen LogP contribution in [0.1, 0.15) is 30.7 Å². The summed E-state index contributed by atoms with van der Waals surface area (Å²) in [6.45, 7) is 3.63. The second kappa shape index (κ2) is 8.11. The molecule has 1 fully saturated rings. The number of fused-ring (bicyclic) bond motifs is 2. The van der Waals surface area contributed by atoms with E-state index < -0.39 is 0 Å². The smallest absolute Gasteiger partial charge is 0.323 e. The zero-order valence-electron chi connectivity index (χ0n) is 16.9. The second-order valence-corrected chi connectivity index (χ2v) is 9.48. The molecule has 9 heteroatoms. The molecule has 0 spiro atoms. The van der Waals surface area contributed by atoms with Gasteiger partial charge in [-0.05, 0) is 69.3 Å². The van der Waals surface area contributed by atoms with Crippen LogP contribution < -0.4 is 11.0 Å². The summed E-state index contributed by atoms with van der Waals surface area (Å²) in [7, 11) is 0. The molecule has 1 aliphatic rings. The van der Waals surface area contributed by atoms with E-state index >= 15 is 0 Å². The third kappa shape index (κ3) is 4.11. The van der Waals surface area contributed by atoms with Crippen molar-refractivity contribution in [3.63, 3.8) is 0 Å². The molecule has 3 N–H and O–H groups in total. The first-order valence-corrected chi connectivity index (χ1v) is 11.5. The SMILES string of the molecule is C[C@H](C(=O)Nc1ccc2[nH]c(=O)[nH]c2c1)N1CCC(c2nc3cc(Cl)ccc3s2)CC1. The Bertz CT molecular complexity index is 1320.